The van der Waals surface area contributed by atoms with Crippen LogP contribution >= 0.6 is 15.9 Å². The molecule has 4 heteroatoms. The van der Waals surface area contributed by atoms with Crippen LogP contribution in [0.15, 0.2) is 22.7 Å². The number of halogens is 3. The van der Waals surface area contributed by atoms with Gasteiger partial charge in [0.15, 0.2) is 0 Å². The van der Waals surface area contributed by atoms with Crippen LogP contribution in [0.3, 0.4) is 0 Å². The molecular weight excluding hydrogens is 218 g/mol. The Bertz CT molecular complexity index is 240. The fraction of sp³-hybridized carbons (Fsp3) is 0.143. The number of hydrogen-bond donors (Lipinski definition) is 0. The number of ether oxygens (including phenoxy) is 1. The maximum absolute atomic E-state index is 11.6. The van der Waals surface area contributed by atoms with Gasteiger partial charge in [-0.2, -0.15) is 8.78 Å². The maximum Gasteiger partial charge on any atom is 0.387 e. The van der Waals surface area contributed by atoms with Crippen molar-refractivity contribution in [3.05, 3.63) is 28.7 Å². The Morgan fingerprint density at radius 3 is 2.73 bits per heavy atom. The predicted molar refractivity (Wildman–Crippen MR) is 39.6 cm³/mol. The zero-order chi connectivity index (χ0) is 8.27. The molecule has 0 aliphatic carbocycles. The molecule has 0 amide bonds. The first-order valence-electron chi connectivity index (χ1n) is 2.81. The summed E-state index contributed by atoms with van der Waals surface area (Å²) in [5.41, 5.74) is 0. The highest BCUT2D eigenvalue weighted by Gasteiger charge is 2.03. The Morgan fingerprint density at radius 2 is 2.18 bits per heavy atom. The smallest absolute Gasteiger partial charge is 0.387 e. The first-order chi connectivity index (χ1) is 5.18. The largest absolute Gasteiger partial charge is 0.434 e. The molecule has 0 heterocycles. The van der Waals surface area contributed by atoms with Gasteiger partial charge in [-0.1, -0.05) is 22.0 Å². The monoisotopic (exact) mass is 221 g/mol. The first-order valence-corrected chi connectivity index (χ1v) is 3.60. The van der Waals surface area contributed by atoms with Crippen LogP contribution in [0.2, 0.25) is 0 Å². The summed E-state index contributed by atoms with van der Waals surface area (Å²) in [5, 5.41) is 0. The molecule has 11 heavy (non-hydrogen) atoms. The van der Waals surface area contributed by atoms with E-state index in [9.17, 15) is 8.78 Å². The predicted octanol–water partition coefficient (Wildman–Crippen LogP) is 2.85. The fourth-order valence-electron chi connectivity index (χ4n) is 0.586. The van der Waals surface area contributed by atoms with Crippen molar-refractivity contribution in [3.8, 4) is 5.75 Å². The molecule has 0 aliphatic rings. The van der Waals surface area contributed by atoms with Gasteiger partial charge in [0.05, 0.1) is 0 Å². The molecule has 1 radical (unpaired) electrons. The summed E-state index contributed by atoms with van der Waals surface area (Å²) in [6, 6.07) is 7.24. The van der Waals surface area contributed by atoms with Gasteiger partial charge in [0, 0.05) is 10.5 Å². The zero-order valence-corrected chi connectivity index (χ0v) is 6.94. The van der Waals surface area contributed by atoms with Crippen LogP contribution in [-0.2, 0) is 0 Å². The van der Waals surface area contributed by atoms with E-state index in [4.69, 9.17) is 0 Å². The minimum atomic E-state index is -2.79. The van der Waals surface area contributed by atoms with Crippen molar-refractivity contribution in [1.29, 1.82) is 0 Å². The van der Waals surface area contributed by atoms with Crippen LogP contribution in [0.5, 0.6) is 5.75 Å². The van der Waals surface area contributed by atoms with Crippen LogP contribution in [0.4, 0.5) is 8.78 Å². The lowest BCUT2D eigenvalue weighted by Gasteiger charge is -2.02. The molecular formula is C7H4BrF2O. The van der Waals surface area contributed by atoms with E-state index in [1.807, 2.05) is 0 Å². The van der Waals surface area contributed by atoms with Gasteiger partial charge in [0.1, 0.15) is 5.75 Å². The second-order valence-electron chi connectivity index (χ2n) is 1.74. The van der Waals surface area contributed by atoms with Crippen molar-refractivity contribution in [3.63, 3.8) is 0 Å². The highest BCUT2D eigenvalue weighted by atomic mass is 79.9. The Labute approximate surface area is 71.1 Å². The number of benzene rings is 1. The molecule has 0 aliphatic heterocycles. The van der Waals surface area contributed by atoms with Crippen LogP contribution in [0, 0.1) is 6.07 Å². The Balaban J connectivity index is 2.71. The van der Waals surface area contributed by atoms with Gasteiger partial charge in [-0.15, -0.1) is 0 Å². The molecule has 0 bridgehead atoms. The molecule has 0 unspecified atom stereocenters. The normalized spacial score (nSPS) is 10.2. The molecule has 59 valence electrons. The summed E-state index contributed by atoms with van der Waals surface area (Å²) in [7, 11) is 0. The summed E-state index contributed by atoms with van der Waals surface area (Å²) in [4.78, 5) is 0. The van der Waals surface area contributed by atoms with E-state index < -0.39 is 6.61 Å². The molecule has 0 aromatic heterocycles. The lowest BCUT2D eigenvalue weighted by molar-refractivity contribution is -0.0500. The molecule has 0 atom stereocenters. The van der Waals surface area contributed by atoms with Gasteiger partial charge < -0.3 is 4.74 Å². The third-order valence-corrected chi connectivity index (χ3v) is 1.41. The average molecular weight is 222 g/mol. The number of hydrogen-bond acceptors (Lipinski definition) is 1. The van der Waals surface area contributed by atoms with E-state index in [1.165, 1.54) is 6.07 Å². The molecule has 1 nitrogen and oxygen atoms in total. The Kier molecular flexibility index (Phi) is 2.82. The molecule has 1 aromatic rings. The minimum Gasteiger partial charge on any atom is -0.434 e. The SMILES string of the molecule is FC(F)Oc1[c]c(Br)ccc1. The number of rotatable bonds is 2. The van der Waals surface area contributed by atoms with Crippen molar-refractivity contribution in [2.24, 2.45) is 0 Å². The van der Waals surface area contributed by atoms with E-state index in [1.54, 1.807) is 12.1 Å². The van der Waals surface area contributed by atoms with Crippen LogP contribution in [-0.4, -0.2) is 6.61 Å². The van der Waals surface area contributed by atoms with Crippen molar-refractivity contribution in [1.82, 2.24) is 0 Å². The third kappa shape index (κ3) is 2.84. The fourth-order valence-corrected chi connectivity index (χ4v) is 0.934. The van der Waals surface area contributed by atoms with Gasteiger partial charge >= 0.3 is 6.61 Å². The standard InChI is InChI=1S/C7H4BrF2O/c8-5-2-1-3-6(4-5)11-7(9)10/h1-3,7H. The maximum atomic E-state index is 11.6. The van der Waals surface area contributed by atoms with Crippen LogP contribution < -0.4 is 4.74 Å². The van der Waals surface area contributed by atoms with Crippen LogP contribution in [0.25, 0.3) is 0 Å². The van der Waals surface area contributed by atoms with E-state index in [0.29, 0.717) is 4.47 Å². The van der Waals surface area contributed by atoms with E-state index in [0.717, 1.165) is 0 Å². The lowest BCUT2D eigenvalue weighted by atomic mass is 10.3. The van der Waals surface area contributed by atoms with E-state index in [-0.39, 0.29) is 5.75 Å². The molecule has 1 aromatic carbocycles. The lowest BCUT2D eigenvalue weighted by Crippen LogP contribution is -2.01. The highest BCUT2D eigenvalue weighted by molar-refractivity contribution is 9.10. The van der Waals surface area contributed by atoms with Gasteiger partial charge in [-0.3, -0.25) is 0 Å². The summed E-state index contributed by atoms with van der Waals surface area (Å²) in [6.45, 7) is -2.79. The first kappa shape index (κ1) is 8.46. The van der Waals surface area contributed by atoms with Crippen molar-refractivity contribution >= 4 is 15.9 Å². The van der Waals surface area contributed by atoms with Gasteiger partial charge in [-0.25, -0.2) is 0 Å². The zero-order valence-electron chi connectivity index (χ0n) is 5.35. The third-order valence-electron chi connectivity index (χ3n) is 0.949. The molecule has 0 N–H and O–H groups in total. The molecule has 0 spiro atoms. The van der Waals surface area contributed by atoms with Gasteiger partial charge in [0.2, 0.25) is 0 Å². The van der Waals surface area contributed by atoms with Crippen molar-refractivity contribution in [2.45, 2.75) is 6.61 Å². The topological polar surface area (TPSA) is 9.23 Å². The minimum absolute atomic E-state index is 0.0365. The average Bonchev–Trinajstić information content (AvgIpc) is 1.85. The second-order valence-corrected chi connectivity index (χ2v) is 2.60. The van der Waals surface area contributed by atoms with E-state index in [2.05, 4.69) is 26.7 Å². The van der Waals surface area contributed by atoms with Gasteiger partial charge in [-0.05, 0) is 12.1 Å². The second kappa shape index (κ2) is 3.67. The van der Waals surface area contributed by atoms with Gasteiger partial charge in [0.25, 0.3) is 0 Å². The molecule has 0 fully saturated rings. The summed E-state index contributed by atoms with van der Waals surface area (Å²) >= 11 is 3.07. The van der Waals surface area contributed by atoms with E-state index >= 15 is 0 Å². The molecule has 0 saturated carbocycles. The van der Waals surface area contributed by atoms with Crippen molar-refractivity contribution in [2.75, 3.05) is 0 Å². The quantitative estimate of drug-likeness (QED) is 0.747. The van der Waals surface area contributed by atoms with Crippen LogP contribution in [0.1, 0.15) is 0 Å². The summed E-state index contributed by atoms with van der Waals surface area (Å²) in [5.74, 6) is 0.0365. The molecule has 0 saturated heterocycles. The van der Waals surface area contributed by atoms with Crippen molar-refractivity contribution < 1.29 is 13.5 Å². The Morgan fingerprint density at radius 1 is 1.45 bits per heavy atom. The molecule has 1 rings (SSSR count). The summed E-state index contributed by atoms with van der Waals surface area (Å²) in [6.07, 6.45) is 0. The number of alkyl halides is 2. The summed E-state index contributed by atoms with van der Waals surface area (Å²) < 4.78 is 27.9. The Hall–Kier alpha value is -0.640. The highest BCUT2D eigenvalue weighted by Crippen LogP contribution is 2.18.